The fourth-order valence-corrected chi connectivity index (χ4v) is 6.64. The van der Waals surface area contributed by atoms with Crippen LogP contribution in [0.1, 0.15) is 44.6 Å². The summed E-state index contributed by atoms with van der Waals surface area (Å²) in [6, 6.07) is 18.6. The first-order valence-electron chi connectivity index (χ1n) is 13.8. The molecule has 0 aromatic heterocycles. The Morgan fingerprint density at radius 3 is 2.31 bits per heavy atom. The number of benzene rings is 3. The van der Waals surface area contributed by atoms with Gasteiger partial charge in [-0.25, -0.2) is 8.42 Å². The number of rotatable bonds is 12. The molecule has 0 aliphatic heterocycles. The Balaban J connectivity index is 1.73. The van der Waals surface area contributed by atoms with Crippen LogP contribution in [0.25, 0.3) is 0 Å². The number of carbonyl (C=O) groups excluding carboxylic acids is 2. The molecule has 4 rings (SSSR count). The van der Waals surface area contributed by atoms with E-state index in [0.29, 0.717) is 17.0 Å². The summed E-state index contributed by atoms with van der Waals surface area (Å²) >= 11 is 6.06. The fraction of sp³-hybridized carbons (Fsp3) is 0.333. The van der Waals surface area contributed by atoms with Crippen molar-refractivity contribution in [2.75, 3.05) is 10.8 Å². The molecular formula is C30H33ClN4O6S. The number of sulfonamides is 1. The summed E-state index contributed by atoms with van der Waals surface area (Å²) < 4.78 is 28.6. The lowest BCUT2D eigenvalue weighted by atomic mass is 10.1. The lowest BCUT2D eigenvalue weighted by Gasteiger charge is -2.33. The van der Waals surface area contributed by atoms with Gasteiger partial charge in [-0.15, -0.1) is 0 Å². The third kappa shape index (κ3) is 7.46. The highest BCUT2D eigenvalue weighted by atomic mass is 35.5. The van der Waals surface area contributed by atoms with Crippen LogP contribution in [0.4, 0.5) is 11.4 Å². The highest BCUT2D eigenvalue weighted by molar-refractivity contribution is 7.92. The Hall–Kier alpha value is -3.96. The van der Waals surface area contributed by atoms with E-state index < -0.39 is 33.4 Å². The van der Waals surface area contributed by atoms with E-state index in [4.69, 9.17) is 11.6 Å². The van der Waals surface area contributed by atoms with E-state index in [1.807, 2.05) is 0 Å². The first-order valence-corrected chi connectivity index (χ1v) is 15.6. The summed E-state index contributed by atoms with van der Waals surface area (Å²) in [7, 11) is -4.33. The largest absolute Gasteiger partial charge is 0.352 e. The van der Waals surface area contributed by atoms with Gasteiger partial charge in [0.05, 0.1) is 15.5 Å². The van der Waals surface area contributed by atoms with Gasteiger partial charge in [0.25, 0.3) is 15.7 Å². The van der Waals surface area contributed by atoms with E-state index >= 15 is 0 Å². The topological polar surface area (TPSA) is 130 Å². The molecule has 0 saturated heterocycles. The predicted molar refractivity (Wildman–Crippen MR) is 161 cm³/mol. The molecule has 0 heterocycles. The second kappa shape index (κ2) is 13.8. The van der Waals surface area contributed by atoms with Crippen LogP contribution >= 0.6 is 11.6 Å². The zero-order chi connectivity index (χ0) is 30.3. The maximum absolute atomic E-state index is 14.1. The second-order valence-electron chi connectivity index (χ2n) is 10.2. The first-order chi connectivity index (χ1) is 20.1. The molecular weight excluding hydrogens is 580 g/mol. The molecule has 1 atom stereocenters. The highest BCUT2D eigenvalue weighted by Crippen LogP contribution is 2.28. The molecule has 0 bridgehead atoms. The van der Waals surface area contributed by atoms with E-state index in [9.17, 15) is 28.1 Å². The Labute approximate surface area is 250 Å². The number of nitrogens with one attached hydrogen (secondary N) is 1. The summed E-state index contributed by atoms with van der Waals surface area (Å²) in [5.41, 5.74) is 0.331. The zero-order valence-corrected chi connectivity index (χ0v) is 24.8. The summed E-state index contributed by atoms with van der Waals surface area (Å²) in [5.74, 6) is -0.941. The summed E-state index contributed by atoms with van der Waals surface area (Å²) in [4.78, 5) is 39.8. The van der Waals surface area contributed by atoms with Crippen molar-refractivity contribution >= 4 is 44.8 Å². The summed E-state index contributed by atoms with van der Waals surface area (Å²) in [5, 5.41) is 15.1. The van der Waals surface area contributed by atoms with Crippen molar-refractivity contribution in [3.8, 4) is 0 Å². The Kier molecular flexibility index (Phi) is 10.2. The average Bonchev–Trinajstić information content (AvgIpc) is 3.50. The monoisotopic (exact) mass is 612 g/mol. The number of hydrogen-bond acceptors (Lipinski definition) is 6. The van der Waals surface area contributed by atoms with Gasteiger partial charge in [0.15, 0.2) is 0 Å². The van der Waals surface area contributed by atoms with Crippen LogP contribution in [0.15, 0.2) is 83.8 Å². The highest BCUT2D eigenvalue weighted by Gasteiger charge is 2.35. The maximum atomic E-state index is 14.1. The SMILES string of the molecule is CC[C@@H](C(=O)NC1CCCC1)N(Cc1ccc(Cl)cc1)C(=O)CN(c1cccc([N+](=O)[O-])c1)S(=O)(=O)c1ccccc1. The molecule has 0 spiro atoms. The molecule has 3 aromatic carbocycles. The van der Waals surface area contributed by atoms with Crippen LogP contribution in [0.5, 0.6) is 0 Å². The molecule has 1 N–H and O–H groups in total. The van der Waals surface area contributed by atoms with Gasteiger partial charge in [-0.05, 0) is 55.2 Å². The average molecular weight is 613 g/mol. The number of nitro benzene ring substituents is 1. The van der Waals surface area contributed by atoms with Gasteiger partial charge < -0.3 is 10.2 Å². The van der Waals surface area contributed by atoms with Gasteiger partial charge in [0.1, 0.15) is 12.6 Å². The summed E-state index contributed by atoms with van der Waals surface area (Å²) in [6.07, 6.45) is 4.06. The predicted octanol–water partition coefficient (Wildman–Crippen LogP) is 5.31. The normalized spacial score (nSPS) is 14.2. The fourth-order valence-electron chi connectivity index (χ4n) is 5.08. The second-order valence-corrected chi connectivity index (χ2v) is 12.5. The van der Waals surface area contributed by atoms with Crippen molar-refractivity contribution in [2.24, 2.45) is 0 Å². The molecule has 42 heavy (non-hydrogen) atoms. The Morgan fingerprint density at radius 1 is 1.02 bits per heavy atom. The molecule has 3 aromatic rings. The van der Waals surface area contributed by atoms with E-state index in [1.165, 1.54) is 35.2 Å². The van der Waals surface area contributed by atoms with Crippen LogP contribution in [0.2, 0.25) is 5.02 Å². The maximum Gasteiger partial charge on any atom is 0.271 e. The van der Waals surface area contributed by atoms with Gasteiger partial charge in [0, 0.05) is 29.7 Å². The first kappa shape index (κ1) is 31.0. The number of amides is 2. The summed E-state index contributed by atoms with van der Waals surface area (Å²) in [6.45, 7) is 1.14. The van der Waals surface area contributed by atoms with Gasteiger partial charge in [0.2, 0.25) is 11.8 Å². The van der Waals surface area contributed by atoms with Gasteiger partial charge >= 0.3 is 0 Å². The minimum Gasteiger partial charge on any atom is -0.352 e. The van der Waals surface area contributed by atoms with Crippen molar-refractivity contribution in [3.63, 3.8) is 0 Å². The number of anilines is 1. The smallest absolute Gasteiger partial charge is 0.271 e. The van der Waals surface area contributed by atoms with Crippen LogP contribution < -0.4 is 9.62 Å². The molecule has 12 heteroatoms. The van der Waals surface area contributed by atoms with Gasteiger partial charge in [-0.1, -0.05) is 67.8 Å². The minimum atomic E-state index is -4.33. The molecule has 1 fully saturated rings. The van der Waals surface area contributed by atoms with Gasteiger partial charge in [-0.2, -0.15) is 0 Å². The number of hydrogen-bond donors (Lipinski definition) is 1. The molecule has 10 nitrogen and oxygen atoms in total. The molecule has 0 unspecified atom stereocenters. The van der Waals surface area contributed by atoms with Crippen molar-refractivity contribution in [3.05, 3.63) is 99.6 Å². The van der Waals surface area contributed by atoms with Crippen LogP contribution in [0, 0.1) is 10.1 Å². The van der Waals surface area contributed by atoms with Crippen molar-refractivity contribution in [1.29, 1.82) is 0 Å². The molecule has 2 amide bonds. The van der Waals surface area contributed by atoms with Crippen molar-refractivity contribution in [1.82, 2.24) is 10.2 Å². The van der Waals surface area contributed by atoms with E-state index in [2.05, 4.69) is 5.32 Å². The number of nitro groups is 1. The van der Waals surface area contributed by atoms with Crippen molar-refractivity contribution < 1.29 is 22.9 Å². The third-order valence-corrected chi connectivity index (χ3v) is 9.33. The number of nitrogens with zero attached hydrogens (tertiary/aromatic N) is 3. The number of halogens is 1. The zero-order valence-electron chi connectivity index (χ0n) is 23.2. The molecule has 222 valence electrons. The molecule has 1 aliphatic rings. The molecule has 1 aliphatic carbocycles. The third-order valence-electron chi connectivity index (χ3n) is 7.29. The van der Waals surface area contributed by atoms with E-state index in [0.717, 1.165) is 36.1 Å². The van der Waals surface area contributed by atoms with Crippen LogP contribution in [-0.2, 0) is 26.2 Å². The Morgan fingerprint density at radius 2 is 1.69 bits per heavy atom. The molecule has 1 saturated carbocycles. The number of non-ortho nitro benzene ring substituents is 1. The lowest BCUT2D eigenvalue weighted by molar-refractivity contribution is -0.384. The van der Waals surface area contributed by atoms with E-state index in [-0.39, 0.29) is 34.8 Å². The number of carbonyl (C=O) groups is 2. The van der Waals surface area contributed by atoms with Crippen LogP contribution in [0.3, 0.4) is 0 Å². The molecule has 0 radical (unpaired) electrons. The standard InChI is InChI=1S/C30H33ClN4O6S/c1-2-28(30(37)32-24-9-6-7-10-24)33(20-22-15-17-23(31)18-16-22)29(36)21-34(25-11-8-12-26(19-25)35(38)39)42(40,41)27-13-4-3-5-14-27/h3-5,8,11-19,24,28H,2,6-7,9-10,20-21H2,1H3,(H,32,37)/t28-/m0/s1. The minimum absolute atomic E-state index is 0.0267. The van der Waals surface area contributed by atoms with Crippen LogP contribution in [-0.4, -0.2) is 48.7 Å². The lowest BCUT2D eigenvalue weighted by Crippen LogP contribution is -2.53. The Bertz CT molecular complexity index is 1510. The quantitative estimate of drug-likeness (QED) is 0.218. The van der Waals surface area contributed by atoms with Gasteiger partial charge in [-0.3, -0.25) is 24.0 Å². The van der Waals surface area contributed by atoms with Crippen molar-refractivity contribution in [2.45, 2.75) is 62.6 Å². The van der Waals surface area contributed by atoms with E-state index in [1.54, 1.807) is 49.4 Å².